The van der Waals surface area contributed by atoms with Crippen molar-refractivity contribution in [2.75, 3.05) is 5.32 Å². The molecule has 0 aliphatic carbocycles. The third-order valence-corrected chi connectivity index (χ3v) is 3.97. The quantitative estimate of drug-likeness (QED) is 0.701. The number of hydrogen-bond acceptors (Lipinski definition) is 4. The maximum Gasteiger partial charge on any atom is 0.255 e. The minimum Gasteiger partial charge on any atom is -0.350 e. The number of carbonyl (C=O) groups is 2. The van der Waals surface area contributed by atoms with Crippen LogP contribution in [0.25, 0.3) is 0 Å². The van der Waals surface area contributed by atoms with Gasteiger partial charge in [0.05, 0.1) is 0 Å². The fourth-order valence-electron chi connectivity index (χ4n) is 2.44. The van der Waals surface area contributed by atoms with Crippen LogP contribution >= 0.6 is 0 Å². The van der Waals surface area contributed by atoms with Crippen LogP contribution < -0.4 is 10.6 Å². The highest BCUT2D eigenvalue weighted by atomic mass is 19.1. The van der Waals surface area contributed by atoms with Gasteiger partial charge in [-0.1, -0.05) is 12.1 Å². The SMILES string of the molecule is C[C@H](C(=O)NCc1cccc(NC(=O)c2ccc(F)cc2)c1)n1cncn1. The van der Waals surface area contributed by atoms with Gasteiger partial charge in [0.25, 0.3) is 5.91 Å². The second kappa shape index (κ2) is 8.22. The second-order valence-corrected chi connectivity index (χ2v) is 5.93. The number of aromatic nitrogens is 3. The van der Waals surface area contributed by atoms with Gasteiger partial charge in [-0.25, -0.2) is 14.1 Å². The second-order valence-electron chi connectivity index (χ2n) is 5.93. The largest absolute Gasteiger partial charge is 0.350 e. The molecular formula is C19H18FN5O2. The van der Waals surface area contributed by atoms with E-state index >= 15 is 0 Å². The van der Waals surface area contributed by atoms with Crippen molar-refractivity contribution >= 4 is 17.5 Å². The highest BCUT2D eigenvalue weighted by molar-refractivity contribution is 6.04. The van der Waals surface area contributed by atoms with E-state index in [1.807, 2.05) is 6.07 Å². The minimum atomic E-state index is -0.478. The van der Waals surface area contributed by atoms with E-state index in [-0.39, 0.29) is 11.8 Å². The van der Waals surface area contributed by atoms with E-state index in [0.29, 0.717) is 17.8 Å². The highest BCUT2D eigenvalue weighted by Gasteiger charge is 2.15. The molecule has 8 heteroatoms. The number of nitrogens with zero attached hydrogens (tertiary/aromatic N) is 3. The van der Waals surface area contributed by atoms with E-state index < -0.39 is 11.9 Å². The van der Waals surface area contributed by atoms with Crippen LogP contribution in [0, 0.1) is 5.82 Å². The van der Waals surface area contributed by atoms with Crippen molar-refractivity contribution < 1.29 is 14.0 Å². The lowest BCUT2D eigenvalue weighted by atomic mass is 10.1. The molecule has 0 bridgehead atoms. The van der Waals surface area contributed by atoms with Gasteiger partial charge >= 0.3 is 0 Å². The maximum absolute atomic E-state index is 13.0. The first-order chi connectivity index (χ1) is 13.0. The Kier molecular flexibility index (Phi) is 5.55. The third kappa shape index (κ3) is 4.75. The molecule has 0 aliphatic rings. The molecule has 2 N–H and O–H groups in total. The van der Waals surface area contributed by atoms with Crippen LogP contribution in [0.4, 0.5) is 10.1 Å². The Hall–Kier alpha value is -3.55. The summed E-state index contributed by atoms with van der Waals surface area (Å²) >= 11 is 0. The van der Waals surface area contributed by atoms with Crippen LogP contribution in [0.3, 0.4) is 0 Å². The lowest BCUT2D eigenvalue weighted by Crippen LogP contribution is -2.30. The molecule has 0 spiro atoms. The van der Waals surface area contributed by atoms with Crippen molar-refractivity contribution in [1.82, 2.24) is 20.1 Å². The average molecular weight is 367 g/mol. The number of halogens is 1. The molecule has 3 rings (SSSR count). The summed E-state index contributed by atoms with van der Waals surface area (Å²) < 4.78 is 14.4. The molecule has 0 saturated heterocycles. The summed E-state index contributed by atoms with van der Waals surface area (Å²) in [6.45, 7) is 2.03. The van der Waals surface area contributed by atoms with E-state index in [0.717, 1.165) is 5.56 Å². The molecule has 7 nitrogen and oxygen atoms in total. The predicted molar refractivity (Wildman–Crippen MR) is 97.4 cm³/mol. The molecule has 27 heavy (non-hydrogen) atoms. The summed E-state index contributed by atoms with van der Waals surface area (Å²) in [6.07, 6.45) is 2.85. The first-order valence-electron chi connectivity index (χ1n) is 8.30. The fraction of sp³-hybridized carbons (Fsp3) is 0.158. The predicted octanol–water partition coefficient (Wildman–Crippen LogP) is 2.55. The number of benzene rings is 2. The van der Waals surface area contributed by atoms with Gasteiger partial charge in [-0.3, -0.25) is 9.59 Å². The number of rotatable bonds is 6. The van der Waals surface area contributed by atoms with Crippen LogP contribution in [0.5, 0.6) is 0 Å². The van der Waals surface area contributed by atoms with E-state index in [2.05, 4.69) is 20.7 Å². The van der Waals surface area contributed by atoms with Gasteiger partial charge in [0, 0.05) is 17.8 Å². The monoisotopic (exact) mass is 367 g/mol. The molecule has 3 aromatic rings. The van der Waals surface area contributed by atoms with E-state index in [1.54, 1.807) is 25.1 Å². The van der Waals surface area contributed by atoms with Crippen LogP contribution in [-0.2, 0) is 11.3 Å². The Morgan fingerprint density at radius 3 is 2.67 bits per heavy atom. The summed E-state index contributed by atoms with van der Waals surface area (Å²) in [5, 5.41) is 9.52. The zero-order chi connectivity index (χ0) is 19.2. The van der Waals surface area contributed by atoms with Crippen LogP contribution in [0.15, 0.2) is 61.2 Å². The van der Waals surface area contributed by atoms with Gasteiger partial charge in [-0.05, 0) is 48.9 Å². The van der Waals surface area contributed by atoms with Crippen LogP contribution in [-0.4, -0.2) is 26.6 Å². The first-order valence-corrected chi connectivity index (χ1v) is 8.30. The van der Waals surface area contributed by atoms with E-state index in [1.165, 1.54) is 41.6 Å². The topological polar surface area (TPSA) is 88.9 Å². The Morgan fingerprint density at radius 1 is 1.19 bits per heavy atom. The van der Waals surface area contributed by atoms with Gasteiger partial charge in [-0.2, -0.15) is 5.10 Å². The van der Waals surface area contributed by atoms with Gasteiger partial charge in [0.2, 0.25) is 5.91 Å². The van der Waals surface area contributed by atoms with Gasteiger partial charge in [0.1, 0.15) is 24.5 Å². The summed E-state index contributed by atoms with van der Waals surface area (Å²) in [6, 6.07) is 12.0. The van der Waals surface area contributed by atoms with Gasteiger partial charge in [0.15, 0.2) is 0 Å². The number of amides is 2. The molecule has 1 aromatic heterocycles. The standard InChI is InChI=1S/C19H18FN5O2/c1-13(25-12-21-11-23-25)18(26)22-10-14-3-2-4-17(9-14)24-19(27)15-5-7-16(20)8-6-15/h2-9,11-13H,10H2,1H3,(H,22,26)(H,24,27)/t13-/m1/s1. The molecular weight excluding hydrogens is 349 g/mol. The maximum atomic E-state index is 13.0. The lowest BCUT2D eigenvalue weighted by molar-refractivity contribution is -0.124. The Labute approximate surface area is 155 Å². The van der Waals surface area contributed by atoms with Crippen molar-refractivity contribution in [1.29, 1.82) is 0 Å². The summed E-state index contributed by atoms with van der Waals surface area (Å²) in [4.78, 5) is 28.2. The molecule has 138 valence electrons. The molecule has 0 aliphatic heterocycles. The minimum absolute atomic E-state index is 0.193. The highest BCUT2D eigenvalue weighted by Crippen LogP contribution is 2.13. The molecule has 1 heterocycles. The fourth-order valence-corrected chi connectivity index (χ4v) is 2.44. The van der Waals surface area contributed by atoms with E-state index in [9.17, 15) is 14.0 Å². The number of anilines is 1. The van der Waals surface area contributed by atoms with Crippen molar-refractivity contribution in [2.45, 2.75) is 19.5 Å². The number of nitrogens with one attached hydrogen (secondary N) is 2. The third-order valence-electron chi connectivity index (χ3n) is 3.97. The Balaban J connectivity index is 1.59. The van der Waals surface area contributed by atoms with Crippen molar-refractivity contribution in [3.8, 4) is 0 Å². The zero-order valence-electron chi connectivity index (χ0n) is 14.6. The zero-order valence-corrected chi connectivity index (χ0v) is 14.6. The van der Waals surface area contributed by atoms with E-state index in [4.69, 9.17) is 0 Å². The molecule has 1 atom stereocenters. The first kappa shape index (κ1) is 18.2. The molecule has 2 aromatic carbocycles. The Morgan fingerprint density at radius 2 is 1.96 bits per heavy atom. The lowest BCUT2D eigenvalue weighted by Gasteiger charge is -2.13. The molecule has 2 amide bonds. The van der Waals surface area contributed by atoms with Crippen LogP contribution in [0.1, 0.15) is 28.9 Å². The Bertz CT molecular complexity index is 926. The van der Waals surface area contributed by atoms with Crippen molar-refractivity contribution in [2.24, 2.45) is 0 Å². The normalized spacial score (nSPS) is 11.6. The summed E-state index contributed by atoms with van der Waals surface area (Å²) in [5.41, 5.74) is 1.77. The smallest absolute Gasteiger partial charge is 0.255 e. The summed E-state index contributed by atoms with van der Waals surface area (Å²) in [7, 11) is 0. The summed E-state index contributed by atoms with van der Waals surface area (Å²) in [5.74, 6) is -0.929. The van der Waals surface area contributed by atoms with Crippen molar-refractivity contribution in [3.63, 3.8) is 0 Å². The molecule has 0 radical (unpaired) electrons. The van der Waals surface area contributed by atoms with Gasteiger partial charge < -0.3 is 10.6 Å². The molecule has 0 saturated carbocycles. The molecule has 0 unspecified atom stereocenters. The van der Waals surface area contributed by atoms with Crippen LogP contribution in [0.2, 0.25) is 0 Å². The molecule has 0 fully saturated rings. The van der Waals surface area contributed by atoms with Gasteiger partial charge in [-0.15, -0.1) is 0 Å². The number of hydrogen-bond donors (Lipinski definition) is 2. The average Bonchev–Trinajstić information content (AvgIpc) is 3.21. The van der Waals surface area contributed by atoms with Crippen molar-refractivity contribution in [3.05, 3.63) is 78.1 Å². The number of carbonyl (C=O) groups excluding carboxylic acids is 2.